The lowest BCUT2D eigenvalue weighted by Crippen LogP contribution is -2.42. The molecule has 5 heteroatoms. The third-order valence-electron chi connectivity index (χ3n) is 2.44. The molecule has 1 aromatic rings. The molecular formula is C12H19ClN2OS. The monoisotopic (exact) mass is 274 g/mol. The highest BCUT2D eigenvalue weighted by Crippen LogP contribution is 2.26. The number of rotatable bonds is 5. The number of nitrogens with one attached hydrogen (secondary N) is 1. The molecule has 0 saturated carbocycles. The highest BCUT2D eigenvalue weighted by Gasteiger charge is 2.18. The molecule has 1 unspecified atom stereocenters. The van der Waals surface area contributed by atoms with E-state index in [1.165, 1.54) is 11.3 Å². The van der Waals surface area contributed by atoms with Crippen molar-refractivity contribution in [2.45, 2.75) is 39.3 Å². The van der Waals surface area contributed by atoms with Crippen molar-refractivity contribution in [3.8, 4) is 0 Å². The number of thiophene rings is 1. The fourth-order valence-electron chi connectivity index (χ4n) is 1.57. The lowest BCUT2D eigenvalue weighted by atomic mass is 10.0. The van der Waals surface area contributed by atoms with E-state index in [-0.39, 0.29) is 11.9 Å². The quantitative estimate of drug-likeness (QED) is 0.867. The van der Waals surface area contributed by atoms with Crippen molar-refractivity contribution in [1.82, 2.24) is 5.32 Å². The van der Waals surface area contributed by atoms with Crippen LogP contribution < -0.4 is 11.1 Å². The summed E-state index contributed by atoms with van der Waals surface area (Å²) < 4.78 is 0.729. The summed E-state index contributed by atoms with van der Waals surface area (Å²) in [4.78, 5) is 12.8. The van der Waals surface area contributed by atoms with Crippen LogP contribution in [0.2, 0.25) is 4.34 Å². The predicted octanol–water partition coefficient (Wildman–Crippen LogP) is 2.95. The molecule has 96 valence electrons. The predicted molar refractivity (Wildman–Crippen MR) is 73.3 cm³/mol. The molecule has 0 aliphatic carbocycles. The first-order valence-corrected chi connectivity index (χ1v) is 6.90. The van der Waals surface area contributed by atoms with Crippen LogP contribution in [-0.4, -0.2) is 11.9 Å². The Labute approximate surface area is 111 Å². The Bertz CT molecular complexity index is 378. The van der Waals surface area contributed by atoms with E-state index in [4.69, 9.17) is 17.3 Å². The summed E-state index contributed by atoms with van der Waals surface area (Å²) in [6.45, 7) is 6.04. The van der Waals surface area contributed by atoms with Gasteiger partial charge in [-0.3, -0.25) is 4.79 Å². The molecule has 1 aromatic heterocycles. The minimum absolute atomic E-state index is 0.0433. The van der Waals surface area contributed by atoms with Crippen molar-refractivity contribution in [2.75, 3.05) is 0 Å². The Hall–Kier alpha value is -0.580. The molecule has 0 bridgehead atoms. The Morgan fingerprint density at radius 1 is 1.47 bits per heavy atom. The average molecular weight is 275 g/mol. The number of amides is 1. The second-order valence-electron chi connectivity index (χ2n) is 4.61. The molecule has 17 heavy (non-hydrogen) atoms. The van der Waals surface area contributed by atoms with Gasteiger partial charge in [0.1, 0.15) is 0 Å². The molecule has 3 N–H and O–H groups in total. The number of carbonyl (C=O) groups excluding carboxylic acids is 1. The summed E-state index contributed by atoms with van der Waals surface area (Å²) in [5, 5.41) is 2.90. The first-order valence-electron chi connectivity index (χ1n) is 5.71. The van der Waals surface area contributed by atoms with Gasteiger partial charge in [0.2, 0.25) is 5.91 Å². The number of nitrogens with two attached hydrogens (primary N) is 1. The molecule has 1 rings (SSSR count). The maximum atomic E-state index is 11.8. The molecule has 0 fully saturated rings. The van der Waals surface area contributed by atoms with Crippen molar-refractivity contribution in [2.24, 2.45) is 11.7 Å². The van der Waals surface area contributed by atoms with Gasteiger partial charge in [-0.25, -0.2) is 0 Å². The van der Waals surface area contributed by atoms with E-state index in [0.717, 1.165) is 9.21 Å². The van der Waals surface area contributed by atoms with Crippen LogP contribution in [0.25, 0.3) is 0 Å². The van der Waals surface area contributed by atoms with Crippen molar-refractivity contribution < 1.29 is 4.79 Å². The number of hydrogen-bond acceptors (Lipinski definition) is 3. The maximum Gasteiger partial charge on any atom is 0.237 e. The van der Waals surface area contributed by atoms with E-state index >= 15 is 0 Å². The Morgan fingerprint density at radius 2 is 2.12 bits per heavy atom. The summed E-state index contributed by atoms with van der Waals surface area (Å²) in [5.74, 6) is 0.318. The van der Waals surface area contributed by atoms with Crippen LogP contribution >= 0.6 is 22.9 Å². The molecule has 0 aromatic carbocycles. The summed E-state index contributed by atoms with van der Waals surface area (Å²) in [5.41, 5.74) is 5.82. The van der Waals surface area contributed by atoms with Crippen molar-refractivity contribution in [3.05, 3.63) is 21.3 Å². The largest absolute Gasteiger partial charge is 0.347 e. The molecule has 1 heterocycles. The van der Waals surface area contributed by atoms with Crippen molar-refractivity contribution >= 4 is 28.8 Å². The van der Waals surface area contributed by atoms with Gasteiger partial charge in [-0.05, 0) is 31.4 Å². The minimum atomic E-state index is -0.437. The van der Waals surface area contributed by atoms with Gasteiger partial charge in [-0.15, -0.1) is 11.3 Å². The summed E-state index contributed by atoms with van der Waals surface area (Å²) in [7, 11) is 0. The Morgan fingerprint density at radius 3 is 2.59 bits per heavy atom. The Kier molecular flexibility index (Phi) is 5.43. The third-order valence-corrected chi connectivity index (χ3v) is 3.86. The minimum Gasteiger partial charge on any atom is -0.347 e. The number of halogens is 1. The van der Waals surface area contributed by atoms with Gasteiger partial charge in [0, 0.05) is 4.88 Å². The first kappa shape index (κ1) is 14.5. The molecule has 0 radical (unpaired) electrons. The highest BCUT2D eigenvalue weighted by molar-refractivity contribution is 7.16. The standard InChI is InChI=1S/C12H19ClN2OS/c1-7(2)6-9(14)12(16)15-8(3)10-4-5-11(13)17-10/h4-5,7-9H,6,14H2,1-3H3,(H,15,16)/t8?,9-/m0/s1. The molecule has 0 saturated heterocycles. The van der Waals surface area contributed by atoms with Gasteiger partial charge in [0.15, 0.2) is 0 Å². The van der Waals surface area contributed by atoms with Gasteiger partial charge in [0.05, 0.1) is 16.4 Å². The van der Waals surface area contributed by atoms with Crippen LogP contribution in [0.15, 0.2) is 12.1 Å². The van der Waals surface area contributed by atoms with Crippen LogP contribution in [0.3, 0.4) is 0 Å². The van der Waals surface area contributed by atoms with Gasteiger partial charge in [0.25, 0.3) is 0 Å². The maximum absolute atomic E-state index is 11.8. The normalized spacial score (nSPS) is 14.7. The summed E-state index contributed by atoms with van der Waals surface area (Å²) >= 11 is 7.33. The van der Waals surface area contributed by atoms with Gasteiger partial charge < -0.3 is 11.1 Å². The van der Waals surface area contributed by atoms with Crippen molar-refractivity contribution in [1.29, 1.82) is 0 Å². The first-order chi connectivity index (χ1) is 7.90. The highest BCUT2D eigenvalue weighted by atomic mass is 35.5. The second kappa shape index (κ2) is 6.38. The molecule has 2 atom stereocenters. The zero-order chi connectivity index (χ0) is 13.0. The molecule has 0 spiro atoms. The van der Waals surface area contributed by atoms with E-state index in [1.807, 2.05) is 19.1 Å². The van der Waals surface area contributed by atoms with E-state index in [9.17, 15) is 4.79 Å². The zero-order valence-corrected chi connectivity index (χ0v) is 11.9. The fourth-order valence-corrected chi connectivity index (χ4v) is 2.63. The van der Waals surface area contributed by atoms with E-state index in [2.05, 4.69) is 19.2 Å². The molecule has 3 nitrogen and oxygen atoms in total. The average Bonchev–Trinajstić information content (AvgIpc) is 2.63. The van der Waals surface area contributed by atoms with E-state index < -0.39 is 6.04 Å². The lowest BCUT2D eigenvalue weighted by Gasteiger charge is -2.17. The topological polar surface area (TPSA) is 55.1 Å². The van der Waals surface area contributed by atoms with Crippen LogP contribution in [0.1, 0.15) is 38.1 Å². The smallest absolute Gasteiger partial charge is 0.237 e. The van der Waals surface area contributed by atoms with E-state index in [0.29, 0.717) is 12.3 Å². The number of carbonyl (C=O) groups is 1. The summed E-state index contributed by atoms with van der Waals surface area (Å²) in [6, 6.07) is 3.27. The lowest BCUT2D eigenvalue weighted by molar-refractivity contribution is -0.123. The Balaban J connectivity index is 2.51. The SMILES string of the molecule is CC(C)C[C@H](N)C(=O)NC(C)c1ccc(Cl)s1. The fraction of sp³-hybridized carbons (Fsp3) is 0.583. The number of hydrogen-bond donors (Lipinski definition) is 2. The van der Waals surface area contributed by atoms with Gasteiger partial charge >= 0.3 is 0 Å². The second-order valence-corrected chi connectivity index (χ2v) is 6.35. The molecule has 1 amide bonds. The van der Waals surface area contributed by atoms with Crippen LogP contribution in [0, 0.1) is 5.92 Å². The third kappa shape index (κ3) is 4.66. The van der Waals surface area contributed by atoms with Crippen LogP contribution in [0.5, 0.6) is 0 Å². The van der Waals surface area contributed by atoms with Gasteiger partial charge in [-0.1, -0.05) is 25.4 Å². The van der Waals surface area contributed by atoms with Gasteiger partial charge in [-0.2, -0.15) is 0 Å². The molecular weight excluding hydrogens is 256 g/mol. The van der Waals surface area contributed by atoms with Crippen LogP contribution in [-0.2, 0) is 4.79 Å². The zero-order valence-electron chi connectivity index (χ0n) is 10.4. The molecule has 0 aliphatic heterocycles. The summed E-state index contributed by atoms with van der Waals surface area (Å²) in [6.07, 6.45) is 0.698. The van der Waals surface area contributed by atoms with E-state index in [1.54, 1.807) is 0 Å². The van der Waals surface area contributed by atoms with Crippen molar-refractivity contribution in [3.63, 3.8) is 0 Å². The van der Waals surface area contributed by atoms with Crippen LogP contribution in [0.4, 0.5) is 0 Å². The molecule has 0 aliphatic rings.